The Morgan fingerprint density at radius 3 is 2.67 bits per heavy atom. The molecule has 1 aromatic carbocycles. The van der Waals surface area contributed by atoms with E-state index >= 15 is 0 Å². The van der Waals surface area contributed by atoms with Gasteiger partial charge >= 0.3 is 6.18 Å². The van der Waals surface area contributed by atoms with E-state index < -0.39 is 11.7 Å². The molecule has 1 aliphatic carbocycles. The summed E-state index contributed by atoms with van der Waals surface area (Å²) in [5, 5.41) is 2.56. The van der Waals surface area contributed by atoms with Crippen molar-refractivity contribution in [1.82, 2.24) is 0 Å². The van der Waals surface area contributed by atoms with Crippen LogP contribution in [0.1, 0.15) is 31.2 Å². The highest BCUT2D eigenvalue weighted by Crippen LogP contribution is 2.36. The maximum Gasteiger partial charge on any atom is 0.417 e. The number of amides is 1. The predicted octanol–water partition coefficient (Wildman–Crippen LogP) is 3.92. The van der Waals surface area contributed by atoms with E-state index in [1.54, 1.807) is 0 Å². The molecule has 0 bridgehead atoms. The molecule has 2 unspecified atom stereocenters. The molecule has 116 valence electrons. The molecular formula is C14H16BrF3N2O. The Labute approximate surface area is 129 Å². The minimum absolute atomic E-state index is 0.00912. The molecule has 0 aliphatic heterocycles. The minimum atomic E-state index is -4.47. The number of carbonyl (C=O) groups excluding carboxylic acids is 1. The van der Waals surface area contributed by atoms with Crippen molar-refractivity contribution in [1.29, 1.82) is 0 Å². The maximum atomic E-state index is 12.8. The van der Waals surface area contributed by atoms with Gasteiger partial charge in [0.1, 0.15) is 0 Å². The SMILES string of the molecule is NC1CCCC(C(=O)Nc2ccc(Br)c(C(F)(F)F)c2)C1. The first kappa shape index (κ1) is 16.3. The number of alkyl halides is 3. The quantitative estimate of drug-likeness (QED) is 0.835. The smallest absolute Gasteiger partial charge is 0.328 e. The first-order valence-corrected chi connectivity index (χ1v) is 7.50. The fourth-order valence-electron chi connectivity index (χ4n) is 2.53. The summed E-state index contributed by atoms with van der Waals surface area (Å²) in [6.45, 7) is 0. The van der Waals surface area contributed by atoms with Crippen LogP contribution in [0, 0.1) is 5.92 Å². The van der Waals surface area contributed by atoms with Crippen LogP contribution < -0.4 is 11.1 Å². The fourth-order valence-corrected chi connectivity index (χ4v) is 3.00. The van der Waals surface area contributed by atoms with E-state index in [1.165, 1.54) is 12.1 Å². The summed E-state index contributed by atoms with van der Waals surface area (Å²) in [6, 6.07) is 3.65. The largest absolute Gasteiger partial charge is 0.417 e. The Morgan fingerprint density at radius 1 is 1.33 bits per heavy atom. The van der Waals surface area contributed by atoms with Crippen molar-refractivity contribution in [2.75, 3.05) is 5.32 Å². The van der Waals surface area contributed by atoms with Crippen LogP contribution in [0.25, 0.3) is 0 Å². The topological polar surface area (TPSA) is 55.1 Å². The Bertz CT molecular complexity index is 533. The third kappa shape index (κ3) is 4.20. The van der Waals surface area contributed by atoms with E-state index in [0.717, 1.165) is 25.3 Å². The van der Waals surface area contributed by atoms with Gasteiger partial charge in [0, 0.05) is 22.1 Å². The van der Waals surface area contributed by atoms with Crippen LogP contribution in [-0.4, -0.2) is 11.9 Å². The second kappa shape index (κ2) is 6.36. The summed E-state index contributed by atoms with van der Waals surface area (Å²) in [7, 11) is 0. The number of hydrogen-bond acceptors (Lipinski definition) is 2. The van der Waals surface area contributed by atoms with Crippen LogP contribution >= 0.6 is 15.9 Å². The molecule has 0 heterocycles. The molecular weight excluding hydrogens is 349 g/mol. The van der Waals surface area contributed by atoms with Gasteiger partial charge in [0.25, 0.3) is 0 Å². The third-order valence-electron chi connectivity index (χ3n) is 3.62. The molecule has 0 radical (unpaired) electrons. The monoisotopic (exact) mass is 364 g/mol. The van der Waals surface area contributed by atoms with E-state index in [2.05, 4.69) is 21.2 Å². The van der Waals surface area contributed by atoms with Gasteiger partial charge in [-0.1, -0.05) is 22.4 Å². The first-order chi connectivity index (χ1) is 9.77. The van der Waals surface area contributed by atoms with Crippen LogP contribution in [0.3, 0.4) is 0 Å². The molecule has 3 N–H and O–H groups in total. The fraction of sp³-hybridized carbons (Fsp3) is 0.500. The van der Waals surface area contributed by atoms with E-state index in [9.17, 15) is 18.0 Å². The second-order valence-electron chi connectivity index (χ2n) is 5.31. The van der Waals surface area contributed by atoms with Gasteiger partial charge in [0.2, 0.25) is 5.91 Å². The van der Waals surface area contributed by atoms with E-state index in [4.69, 9.17) is 5.73 Å². The Balaban J connectivity index is 2.11. The van der Waals surface area contributed by atoms with Crippen molar-refractivity contribution < 1.29 is 18.0 Å². The Kier molecular flexibility index (Phi) is 4.93. The summed E-state index contributed by atoms with van der Waals surface area (Å²) in [4.78, 5) is 12.1. The molecule has 2 rings (SSSR count). The Hall–Kier alpha value is -1.08. The van der Waals surface area contributed by atoms with Gasteiger partial charge in [0.05, 0.1) is 5.56 Å². The molecule has 3 nitrogen and oxygen atoms in total. The first-order valence-electron chi connectivity index (χ1n) is 6.70. The van der Waals surface area contributed by atoms with Gasteiger partial charge in [-0.05, 0) is 37.5 Å². The lowest BCUT2D eigenvalue weighted by atomic mass is 9.85. The zero-order valence-electron chi connectivity index (χ0n) is 11.2. The van der Waals surface area contributed by atoms with Crippen molar-refractivity contribution in [3.8, 4) is 0 Å². The highest BCUT2D eigenvalue weighted by atomic mass is 79.9. The number of carbonyl (C=O) groups is 1. The number of nitrogens with two attached hydrogens (primary N) is 1. The molecule has 1 aliphatic rings. The number of hydrogen-bond donors (Lipinski definition) is 2. The van der Waals surface area contributed by atoms with Crippen molar-refractivity contribution in [2.45, 2.75) is 37.9 Å². The lowest BCUT2D eigenvalue weighted by Gasteiger charge is -2.25. The molecule has 1 fully saturated rings. The molecule has 0 aromatic heterocycles. The van der Waals surface area contributed by atoms with Crippen molar-refractivity contribution in [3.63, 3.8) is 0 Å². The number of rotatable bonds is 2. The lowest BCUT2D eigenvalue weighted by molar-refractivity contribution is -0.138. The zero-order chi connectivity index (χ0) is 15.6. The molecule has 1 saturated carbocycles. The van der Waals surface area contributed by atoms with Crippen molar-refractivity contribution >= 4 is 27.5 Å². The van der Waals surface area contributed by atoms with Gasteiger partial charge < -0.3 is 11.1 Å². The molecule has 7 heteroatoms. The molecule has 21 heavy (non-hydrogen) atoms. The number of anilines is 1. The normalized spacial score (nSPS) is 22.9. The van der Waals surface area contributed by atoms with E-state index in [-0.39, 0.29) is 28.0 Å². The van der Waals surface area contributed by atoms with Crippen LogP contribution in [0.15, 0.2) is 22.7 Å². The summed E-state index contributed by atoms with van der Waals surface area (Å²) in [5.41, 5.74) is 5.17. The molecule has 0 spiro atoms. The standard InChI is InChI=1S/C14H16BrF3N2O/c15-12-5-4-10(7-11(12)14(16,17)18)20-13(21)8-2-1-3-9(19)6-8/h4-5,7-9H,1-3,6,19H2,(H,20,21). The number of nitrogens with one attached hydrogen (secondary N) is 1. The average molecular weight is 365 g/mol. The molecule has 1 amide bonds. The summed E-state index contributed by atoms with van der Waals surface area (Å²) in [5.74, 6) is -0.493. The number of halogens is 4. The molecule has 1 aromatic rings. The molecule has 2 atom stereocenters. The third-order valence-corrected chi connectivity index (χ3v) is 4.32. The summed E-state index contributed by atoms with van der Waals surface area (Å²) in [6.07, 6.45) is -1.41. The van der Waals surface area contributed by atoms with Crippen LogP contribution in [0.2, 0.25) is 0 Å². The van der Waals surface area contributed by atoms with E-state index in [0.29, 0.717) is 6.42 Å². The van der Waals surface area contributed by atoms with Gasteiger partial charge in [0.15, 0.2) is 0 Å². The highest BCUT2D eigenvalue weighted by molar-refractivity contribution is 9.10. The van der Waals surface area contributed by atoms with Gasteiger partial charge in [-0.2, -0.15) is 13.2 Å². The highest BCUT2D eigenvalue weighted by Gasteiger charge is 2.33. The van der Waals surface area contributed by atoms with Gasteiger partial charge in [-0.3, -0.25) is 4.79 Å². The number of benzene rings is 1. The summed E-state index contributed by atoms with van der Waals surface area (Å²) >= 11 is 2.87. The zero-order valence-corrected chi connectivity index (χ0v) is 12.8. The maximum absolute atomic E-state index is 12.8. The Morgan fingerprint density at radius 2 is 2.05 bits per heavy atom. The van der Waals surface area contributed by atoms with Crippen LogP contribution in [0.5, 0.6) is 0 Å². The van der Waals surface area contributed by atoms with Gasteiger partial charge in [-0.25, -0.2) is 0 Å². The lowest BCUT2D eigenvalue weighted by Crippen LogP contribution is -2.34. The van der Waals surface area contributed by atoms with E-state index in [1.807, 2.05) is 0 Å². The van der Waals surface area contributed by atoms with Gasteiger partial charge in [-0.15, -0.1) is 0 Å². The summed E-state index contributed by atoms with van der Waals surface area (Å²) < 4.78 is 38.4. The average Bonchev–Trinajstić information content (AvgIpc) is 2.39. The predicted molar refractivity (Wildman–Crippen MR) is 77.7 cm³/mol. The van der Waals surface area contributed by atoms with Crippen LogP contribution in [0.4, 0.5) is 18.9 Å². The molecule has 0 saturated heterocycles. The minimum Gasteiger partial charge on any atom is -0.328 e. The van der Waals surface area contributed by atoms with Crippen molar-refractivity contribution in [2.24, 2.45) is 11.7 Å². The van der Waals surface area contributed by atoms with Crippen molar-refractivity contribution in [3.05, 3.63) is 28.2 Å². The van der Waals surface area contributed by atoms with Crippen LogP contribution in [-0.2, 0) is 11.0 Å². The second-order valence-corrected chi connectivity index (χ2v) is 6.16.